The summed E-state index contributed by atoms with van der Waals surface area (Å²) in [7, 11) is -3.98. The molecular weight excluding hydrogens is 522 g/mol. The molecule has 198 valence electrons. The minimum absolute atomic E-state index is 0.0611. The number of Topliss-reactive ketones (excluding diaryl/α,β-unsaturated/α-hetero) is 1. The Morgan fingerprint density at radius 2 is 1.55 bits per heavy atom. The van der Waals surface area contributed by atoms with E-state index in [0.717, 1.165) is 9.87 Å². The summed E-state index contributed by atoms with van der Waals surface area (Å²) in [5, 5.41) is 3.54. The van der Waals surface area contributed by atoms with Gasteiger partial charge in [-0.05, 0) is 47.4 Å². The third-order valence-corrected chi connectivity index (χ3v) is 8.53. The van der Waals surface area contributed by atoms with Crippen molar-refractivity contribution >= 4 is 27.4 Å². The maximum absolute atomic E-state index is 13.6. The van der Waals surface area contributed by atoms with Gasteiger partial charge in [-0.15, -0.1) is 0 Å². The highest BCUT2D eigenvalue weighted by Gasteiger charge is 2.30. The Labute approximate surface area is 227 Å². The number of H-pyrrole nitrogens is 1. The number of ketones is 1. The third kappa shape index (κ3) is 5.53. The molecule has 1 N–H and O–H groups in total. The number of hydrogen-bond donors (Lipinski definition) is 1. The van der Waals surface area contributed by atoms with Gasteiger partial charge in [-0.3, -0.25) is 14.7 Å². The van der Waals surface area contributed by atoms with Crippen LogP contribution in [-0.4, -0.2) is 41.4 Å². The number of carbonyl (C=O) groups is 1. The number of carbonyl (C=O) groups excluding carboxylic acids is 1. The first kappa shape index (κ1) is 27.6. The number of aromatic nitrogens is 2. The molecule has 7 nitrogen and oxygen atoms in total. The van der Waals surface area contributed by atoms with Crippen molar-refractivity contribution in [3.8, 4) is 16.9 Å². The van der Waals surface area contributed by atoms with Crippen molar-refractivity contribution in [3.63, 3.8) is 0 Å². The predicted molar refractivity (Wildman–Crippen MR) is 151 cm³/mol. The van der Waals surface area contributed by atoms with Crippen LogP contribution in [0.3, 0.4) is 0 Å². The summed E-state index contributed by atoms with van der Waals surface area (Å²) in [6.45, 7) is 7.39. The summed E-state index contributed by atoms with van der Waals surface area (Å²) in [6.07, 6.45) is 0. The molecule has 0 radical (unpaired) electrons. The molecule has 3 aromatic carbocycles. The van der Waals surface area contributed by atoms with E-state index in [1.54, 1.807) is 79.7 Å². The first-order chi connectivity index (χ1) is 17.9. The van der Waals surface area contributed by atoms with Gasteiger partial charge < -0.3 is 0 Å². The number of likely N-dealkylation sites (N-methyl/N-ethyl adjacent to an activating group) is 1. The van der Waals surface area contributed by atoms with Gasteiger partial charge in [0.1, 0.15) is 5.56 Å². The van der Waals surface area contributed by atoms with E-state index < -0.39 is 27.9 Å². The van der Waals surface area contributed by atoms with Gasteiger partial charge >= 0.3 is 0 Å². The van der Waals surface area contributed by atoms with Crippen molar-refractivity contribution in [1.29, 1.82) is 0 Å². The van der Waals surface area contributed by atoms with Gasteiger partial charge in [-0.1, -0.05) is 81.8 Å². The van der Waals surface area contributed by atoms with Crippen molar-refractivity contribution < 1.29 is 13.2 Å². The van der Waals surface area contributed by atoms with E-state index in [9.17, 15) is 18.0 Å². The summed E-state index contributed by atoms with van der Waals surface area (Å²) in [5.41, 5.74) is 1.63. The summed E-state index contributed by atoms with van der Waals surface area (Å²) in [6, 6.07) is 22.3. The number of hydrogen-bond acceptors (Lipinski definition) is 4. The monoisotopic (exact) mass is 551 g/mol. The van der Waals surface area contributed by atoms with Crippen LogP contribution in [0.5, 0.6) is 0 Å². The lowest BCUT2D eigenvalue weighted by atomic mass is 9.87. The normalized spacial score (nSPS) is 12.2. The molecule has 0 aliphatic heterocycles. The van der Waals surface area contributed by atoms with E-state index in [0.29, 0.717) is 22.0 Å². The smallest absolute Gasteiger partial charge is 0.282 e. The molecule has 38 heavy (non-hydrogen) atoms. The number of halogens is 1. The van der Waals surface area contributed by atoms with Crippen LogP contribution in [0.1, 0.15) is 43.6 Å². The number of nitrogens with zero attached hydrogens (tertiary/aromatic N) is 2. The van der Waals surface area contributed by atoms with Crippen molar-refractivity contribution in [2.24, 2.45) is 0 Å². The van der Waals surface area contributed by atoms with Crippen molar-refractivity contribution in [1.82, 2.24) is 14.1 Å². The summed E-state index contributed by atoms with van der Waals surface area (Å²) < 4.78 is 29.3. The number of sulfonamides is 1. The van der Waals surface area contributed by atoms with Crippen LogP contribution < -0.4 is 5.56 Å². The van der Waals surface area contributed by atoms with Crippen molar-refractivity contribution in [3.05, 3.63) is 105 Å². The zero-order valence-corrected chi connectivity index (χ0v) is 23.3. The molecule has 4 aromatic rings. The first-order valence-corrected chi connectivity index (χ1v) is 14.1. The Bertz CT molecular complexity index is 1600. The lowest BCUT2D eigenvalue weighted by molar-refractivity contribution is 0.0967. The third-order valence-electron chi connectivity index (χ3n) is 6.35. The molecule has 0 bridgehead atoms. The first-order valence-electron chi connectivity index (χ1n) is 12.2. The molecule has 0 atom stereocenters. The van der Waals surface area contributed by atoms with Crippen LogP contribution in [0, 0.1) is 0 Å². The van der Waals surface area contributed by atoms with Gasteiger partial charge in [0.05, 0.1) is 22.8 Å². The van der Waals surface area contributed by atoms with E-state index in [1.807, 2.05) is 26.8 Å². The molecule has 9 heteroatoms. The number of rotatable bonds is 8. The van der Waals surface area contributed by atoms with E-state index in [4.69, 9.17) is 11.6 Å². The van der Waals surface area contributed by atoms with Crippen LogP contribution in [-0.2, 0) is 15.4 Å². The van der Waals surface area contributed by atoms with Crippen LogP contribution in [0.25, 0.3) is 16.9 Å². The fourth-order valence-corrected chi connectivity index (χ4v) is 5.69. The average molecular weight is 552 g/mol. The minimum Gasteiger partial charge on any atom is -0.292 e. The van der Waals surface area contributed by atoms with Gasteiger partial charge in [0.25, 0.3) is 5.56 Å². The largest absolute Gasteiger partial charge is 0.292 e. The maximum Gasteiger partial charge on any atom is 0.282 e. The average Bonchev–Trinajstić information content (AvgIpc) is 3.24. The fraction of sp³-hybridized carbons (Fsp3) is 0.241. The lowest BCUT2D eigenvalue weighted by Crippen LogP contribution is -2.37. The van der Waals surface area contributed by atoms with E-state index in [-0.39, 0.29) is 22.4 Å². The van der Waals surface area contributed by atoms with E-state index in [1.165, 1.54) is 4.68 Å². The topological polar surface area (TPSA) is 92.2 Å². The highest BCUT2D eigenvalue weighted by atomic mass is 35.5. The van der Waals surface area contributed by atoms with Crippen LogP contribution in [0.4, 0.5) is 0 Å². The molecule has 0 spiro atoms. The second-order valence-electron chi connectivity index (χ2n) is 9.97. The van der Waals surface area contributed by atoms with Crippen molar-refractivity contribution in [2.75, 3.05) is 13.1 Å². The van der Waals surface area contributed by atoms with Gasteiger partial charge in [0.15, 0.2) is 5.78 Å². The molecule has 0 unspecified atom stereocenters. The van der Waals surface area contributed by atoms with Gasteiger partial charge in [0.2, 0.25) is 10.0 Å². The molecule has 0 saturated carbocycles. The van der Waals surface area contributed by atoms with E-state index in [2.05, 4.69) is 5.10 Å². The van der Waals surface area contributed by atoms with Crippen LogP contribution >= 0.6 is 11.6 Å². The lowest BCUT2D eigenvalue weighted by Gasteiger charge is -2.22. The highest BCUT2D eigenvalue weighted by Crippen LogP contribution is 2.26. The predicted octanol–water partition coefficient (Wildman–Crippen LogP) is 5.68. The second-order valence-corrected chi connectivity index (χ2v) is 12.3. The Morgan fingerprint density at radius 3 is 2.11 bits per heavy atom. The summed E-state index contributed by atoms with van der Waals surface area (Å²) in [5.74, 6) is -0.602. The van der Waals surface area contributed by atoms with Gasteiger partial charge in [0, 0.05) is 17.1 Å². The Hall–Kier alpha value is -3.46. The number of aromatic amines is 1. The Morgan fingerprint density at radius 1 is 0.947 bits per heavy atom. The second kappa shape index (κ2) is 10.7. The van der Waals surface area contributed by atoms with Crippen LogP contribution in [0.15, 0.2) is 88.6 Å². The number of benzene rings is 3. The van der Waals surface area contributed by atoms with Gasteiger partial charge in [-0.25, -0.2) is 13.1 Å². The Kier molecular flexibility index (Phi) is 7.78. The summed E-state index contributed by atoms with van der Waals surface area (Å²) in [4.78, 5) is 27.2. The maximum atomic E-state index is 13.6. The molecule has 0 aliphatic carbocycles. The molecule has 1 heterocycles. The Balaban J connectivity index is 1.73. The molecule has 0 aliphatic rings. The fourth-order valence-electron chi connectivity index (χ4n) is 4.16. The van der Waals surface area contributed by atoms with Crippen LogP contribution in [0.2, 0.25) is 5.02 Å². The quantitative estimate of drug-likeness (QED) is 0.285. The zero-order valence-electron chi connectivity index (χ0n) is 21.7. The van der Waals surface area contributed by atoms with Crippen molar-refractivity contribution in [2.45, 2.75) is 38.0 Å². The summed E-state index contributed by atoms with van der Waals surface area (Å²) >= 11 is 6.00. The molecular formula is C29H30ClN3O4S. The standard InChI is InChI=1S/C29H30ClN3O4S/c1-5-32(38(36,37)24-17-11-21(12-18-24)29(2,3)4)19-25(34)26-27(20-9-7-6-8-10-20)31-33(28(26)35)23-15-13-22(30)14-16-23/h6-18,31H,5,19H2,1-4H3. The molecule has 0 fully saturated rings. The molecule has 0 saturated heterocycles. The SMILES string of the molecule is CCN(CC(=O)c1c(-c2ccccc2)[nH]n(-c2ccc(Cl)cc2)c1=O)S(=O)(=O)c1ccc(C(C)(C)C)cc1. The highest BCUT2D eigenvalue weighted by molar-refractivity contribution is 7.89. The molecule has 4 rings (SSSR count). The molecule has 1 aromatic heterocycles. The molecule has 0 amide bonds. The zero-order chi connectivity index (χ0) is 27.7. The van der Waals surface area contributed by atoms with E-state index >= 15 is 0 Å². The minimum atomic E-state index is -3.98. The van der Waals surface area contributed by atoms with Gasteiger partial charge in [-0.2, -0.15) is 4.31 Å². The number of nitrogens with one attached hydrogen (secondary N) is 1.